The number of hydrogen-bond donors (Lipinski definition) is 1. The Bertz CT molecular complexity index is 541. The van der Waals surface area contributed by atoms with Crippen molar-refractivity contribution >= 4 is 28.6 Å². The van der Waals surface area contributed by atoms with Crippen LogP contribution in [0.2, 0.25) is 0 Å². The lowest BCUT2D eigenvalue weighted by molar-refractivity contribution is -0.162. The fraction of sp³-hybridized carbons (Fsp3) is 0.545. The van der Waals surface area contributed by atoms with E-state index in [1.807, 2.05) is 0 Å². The summed E-state index contributed by atoms with van der Waals surface area (Å²) < 4.78 is 21.7. The van der Waals surface area contributed by atoms with Gasteiger partial charge in [0, 0.05) is 19.6 Å². The van der Waals surface area contributed by atoms with Gasteiger partial charge in [0.05, 0.1) is 16.6 Å². The number of esters is 1. The Kier molecular flexibility index (Phi) is 3.91. The van der Waals surface area contributed by atoms with Gasteiger partial charge < -0.3 is 14.6 Å². The first kappa shape index (κ1) is 14.7. The largest absolute Gasteiger partial charge is 0.477 e. The van der Waals surface area contributed by atoms with Crippen LogP contribution in [0.5, 0.6) is 0 Å². The highest BCUT2D eigenvalue weighted by Crippen LogP contribution is 2.36. The molecule has 1 fully saturated rings. The Hall–Kier alpha value is -1.74. The van der Waals surface area contributed by atoms with Gasteiger partial charge in [0.25, 0.3) is 5.91 Å². The number of aliphatic carboxylic acids is 1. The van der Waals surface area contributed by atoms with Crippen LogP contribution in [0, 0.1) is 0 Å². The summed E-state index contributed by atoms with van der Waals surface area (Å²) in [6.45, 7) is 0.885. The highest BCUT2D eigenvalue weighted by atomic mass is 32.2. The predicted molar refractivity (Wildman–Crippen MR) is 65.7 cm³/mol. The average molecular weight is 303 g/mol. The third kappa shape index (κ3) is 2.22. The molecule has 1 amide bonds. The minimum Gasteiger partial charge on any atom is -0.477 e. The Morgan fingerprint density at radius 2 is 2.15 bits per heavy atom. The van der Waals surface area contributed by atoms with Gasteiger partial charge in [-0.15, -0.1) is 0 Å². The van der Waals surface area contributed by atoms with Crippen LogP contribution in [0.3, 0.4) is 0 Å². The molecule has 8 nitrogen and oxygen atoms in total. The summed E-state index contributed by atoms with van der Waals surface area (Å²) in [7, 11) is -0.192. The smallest absolute Gasteiger partial charge is 0.352 e. The maximum atomic E-state index is 12.1. The number of hydrogen-bond acceptors (Lipinski definition) is 6. The van der Waals surface area contributed by atoms with E-state index in [9.17, 15) is 23.7 Å². The number of carbonyl (C=O) groups excluding carboxylic acids is 2. The second kappa shape index (κ2) is 5.33. The Morgan fingerprint density at radius 3 is 2.65 bits per heavy atom. The van der Waals surface area contributed by atoms with Gasteiger partial charge >= 0.3 is 11.9 Å². The van der Waals surface area contributed by atoms with E-state index < -0.39 is 40.1 Å². The first-order valence-electron chi connectivity index (χ1n) is 5.70. The number of carboxylic acid groups (broad SMARTS) is 1. The lowest BCUT2D eigenvalue weighted by atomic mass is 10.1. The summed E-state index contributed by atoms with van der Waals surface area (Å²) >= 11 is 0. The van der Waals surface area contributed by atoms with E-state index >= 15 is 0 Å². The highest BCUT2D eigenvalue weighted by Gasteiger charge is 2.57. The van der Waals surface area contributed by atoms with Gasteiger partial charge in [0.15, 0.2) is 6.10 Å². The maximum absolute atomic E-state index is 12.1. The van der Waals surface area contributed by atoms with E-state index in [2.05, 4.69) is 0 Å². The number of β-lactam (4-membered cyclic amide) rings is 1. The number of nitrogens with zero attached hydrogens (tertiary/aromatic N) is 1. The first-order valence-corrected chi connectivity index (χ1v) is 7.08. The van der Waals surface area contributed by atoms with Gasteiger partial charge in [-0.05, 0) is 0 Å². The second-order valence-corrected chi connectivity index (χ2v) is 5.85. The number of carbonyl (C=O) groups is 3. The van der Waals surface area contributed by atoms with Gasteiger partial charge in [-0.25, -0.2) is 4.79 Å². The summed E-state index contributed by atoms with van der Waals surface area (Å²) in [5, 5.41) is 8.44. The SMILES string of the molecule is CO[C@H]1C(=O)N2C(C(=O)O)=C(COC(C)=O)CS(=O)C12. The topological polar surface area (TPSA) is 110 Å². The van der Waals surface area contributed by atoms with E-state index in [1.54, 1.807) is 0 Å². The number of methoxy groups -OCH3 is 1. The zero-order chi connectivity index (χ0) is 15.0. The third-order valence-electron chi connectivity index (χ3n) is 3.06. The lowest BCUT2D eigenvalue weighted by Crippen LogP contribution is -2.69. The maximum Gasteiger partial charge on any atom is 0.352 e. The number of amides is 1. The quantitative estimate of drug-likeness (QED) is 0.515. The zero-order valence-corrected chi connectivity index (χ0v) is 11.6. The molecule has 0 aromatic heterocycles. The molecule has 2 aliphatic heterocycles. The monoisotopic (exact) mass is 303 g/mol. The van der Waals surface area contributed by atoms with Crippen LogP contribution in [0.4, 0.5) is 0 Å². The minimum absolute atomic E-state index is 0.0663. The zero-order valence-electron chi connectivity index (χ0n) is 10.8. The molecule has 1 N–H and O–H groups in total. The van der Waals surface area contributed by atoms with Crippen molar-refractivity contribution in [3.05, 3.63) is 11.3 Å². The van der Waals surface area contributed by atoms with Crippen molar-refractivity contribution in [1.82, 2.24) is 4.90 Å². The third-order valence-corrected chi connectivity index (χ3v) is 4.69. The standard InChI is InChI=1S/C11H13NO7S/c1-5(13)19-3-6-4-20(17)10-8(18-2)9(14)12(10)7(6)11(15)16/h8,10H,3-4H2,1-2H3,(H,15,16)/t8-,10?,20?/m0/s1. The van der Waals surface area contributed by atoms with Crippen LogP contribution in [0.15, 0.2) is 11.3 Å². The molecule has 2 unspecified atom stereocenters. The van der Waals surface area contributed by atoms with Crippen molar-refractivity contribution in [2.24, 2.45) is 0 Å². The lowest BCUT2D eigenvalue weighted by Gasteiger charge is -2.48. The molecular weight excluding hydrogens is 290 g/mol. The minimum atomic E-state index is -1.49. The van der Waals surface area contributed by atoms with Crippen molar-refractivity contribution in [2.75, 3.05) is 19.5 Å². The van der Waals surface area contributed by atoms with Crippen molar-refractivity contribution in [1.29, 1.82) is 0 Å². The van der Waals surface area contributed by atoms with E-state index in [0.29, 0.717) is 0 Å². The number of fused-ring (bicyclic) bond motifs is 1. The Balaban J connectivity index is 2.35. The van der Waals surface area contributed by atoms with Gasteiger partial charge in [-0.1, -0.05) is 0 Å². The van der Waals surface area contributed by atoms with Crippen LogP contribution >= 0.6 is 0 Å². The molecule has 1 saturated heterocycles. The molecule has 2 aliphatic rings. The molecule has 0 aromatic rings. The van der Waals surface area contributed by atoms with E-state index in [0.717, 1.165) is 4.90 Å². The molecule has 0 aliphatic carbocycles. The fourth-order valence-electron chi connectivity index (χ4n) is 2.20. The molecule has 2 rings (SSSR count). The predicted octanol–water partition coefficient (Wildman–Crippen LogP) is -1.17. The summed E-state index contributed by atoms with van der Waals surface area (Å²) in [5.41, 5.74) is -0.112. The molecule has 0 spiro atoms. The fourth-order valence-corrected chi connectivity index (χ4v) is 3.88. The Morgan fingerprint density at radius 1 is 1.50 bits per heavy atom. The van der Waals surface area contributed by atoms with Gasteiger partial charge in [0.1, 0.15) is 17.7 Å². The summed E-state index contributed by atoms with van der Waals surface area (Å²) in [5.74, 6) is -2.52. The number of ether oxygens (including phenoxy) is 2. The van der Waals surface area contributed by atoms with Crippen LogP contribution in [-0.4, -0.2) is 63.0 Å². The number of rotatable bonds is 4. The second-order valence-electron chi connectivity index (χ2n) is 4.32. The van der Waals surface area contributed by atoms with Gasteiger partial charge in [0.2, 0.25) is 0 Å². The van der Waals surface area contributed by atoms with Gasteiger partial charge in [-0.2, -0.15) is 0 Å². The summed E-state index contributed by atoms with van der Waals surface area (Å²) in [6.07, 6.45) is -0.888. The molecular formula is C11H13NO7S. The molecule has 20 heavy (non-hydrogen) atoms. The molecule has 3 atom stereocenters. The van der Waals surface area contributed by atoms with E-state index in [4.69, 9.17) is 9.47 Å². The van der Waals surface area contributed by atoms with E-state index in [-0.39, 0.29) is 23.6 Å². The normalized spacial score (nSPS) is 28.8. The van der Waals surface area contributed by atoms with Crippen molar-refractivity contribution in [2.45, 2.75) is 18.4 Å². The van der Waals surface area contributed by atoms with Crippen molar-refractivity contribution in [3.63, 3.8) is 0 Å². The molecule has 0 bridgehead atoms. The average Bonchev–Trinajstić information content (AvgIpc) is 2.36. The van der Waals surface area contributed by atoms with Crippen molar-refractivity contribution < 1.29 is 33.2 Å². The van der Waals surface area contributed by atoms with E-state index in [1.165, 1.54) is 14.0 Å². The van der Waals surface area contributed by atoms with Gasteiger partial charge in [-0.3, -0.25) is 18.7 Å². The molecule has 0 aromatic carbocycles. The molecule has 0 radical (unpaired) electrons. The summed E-state index contributed by atoms with van der Waals surface area (Å²) in [4.78, 5) is 34.9. The summed E-state index contributed by atoms with van der Waals surface area (Å²) in [6, 6.07) is 0. The van der Waals surface area contributed by atoms with Crippen LogP contribution in [0.25, 0.3) is 0 Å². The van der Waals surface area contributed by atoms with Crippen LogP contribution in [-0.2, 0) is 34.7 Å². The molecule has 110 valence electrons. The van der Waals surface area contributed by atoms with Crippen molar-refractivity contribution in [3.8, 4) is 0 Å². The first-order chi connectivity index (χ1) is 9.38. The molecule has 9 heteroatoms. The van der Waals surface area contributed by atoms with Crippen LogP contribution < -0.4 is 0 Å². The highest BCUT2D eigenvalue weighted by molar-refractivity contribution is 7.86. The molecule has 2 heterocycles. The van der Waals surface area contributed by atoms with Crippen LogP contribution in [0.1, 0.15) is 6.92 Å². The Labute approximate surface area is 116 Å². The number of carboxylic acids is 1. The molecule has 0 saturated carbocycles.